The molecule has 54 heavy (non-hydrogen) atoms. The number of carbonyl (C=O) groups is 7. The van der Waals surface area contributed by atoms with Gasteiger partial charge in [0.25, 0.3) is 5.91 Å². The number of nitrogens with zero attached hydrogens (tertiary/aromatic N) is 5. The Balaban J connectivity index is 1.48. The molecule has 2 heterocycles. The summed E-state index contributed by atoms with van der Waals surface area (Å²) in [5.41, 5.74) is 0.785. The molecule has 2 fully saturated rings. The lowest BCUT2D eigenvalue weighted by atomic mass is 9.78. The molecular formula is C33H51BN8O12. The molecule has 8 N–H and O–H groups in total. The zero-order chi connectivity index (χ0) is 39.8. The summed E-state index contributed by atoms with van der Waals surface area (Å²) in [7, 11) is -1.66. The van der Waals surface area contributed by atoms with Crippen LogP contribution in [-0.2, 0) is 28.8 Å². The van der Waals surface area contributed by atoms with Gasteiger partial charge in [-0.05, 0) is 44.0 Å². The molecule has 0 unspecified atom stereocenters. The fourth-order valence-electron chi connectivity index (χ4n) is 6.21. The van der Waals surface area contributed by atoms with E-state index in [9.17, 15) is 58.9 Å². The van der Waals surface area contributed by atoms with E-state index in [-0.39, 0.29) is 103 Å². The molecule has 2 aliphatic heterocycles. The average Bonchev–Trinajstić information content (AvgIpc) is 3.61. The van der Waals surface area contributed by atoms with Gasteiger partial charge in [-0.2, -0.15) is 0 Å². The van der Waals surface area contributed by atoms with Crippen molar-refractivity contribution < 1.29 is 58.9 Å². The van der Waals surface area contributed by atoms with Crippen molar-refractivity contribution in [2.75, 3.05) is 103 Å². The Kier molecular flexibility index (Phi) is 17.7. The van der Waals surface area contributed by atoms with E-state index in [1.807, 2.05) is 0 Å². The first kappa shape index (κ1) is 43.7. The van der Waals surface area contributed by atoms with Gasteiger partial charge in [-0.15, -0.1) is 0 Å². The van der Waals surface area contributed by atoms with Gasteiger partial charge in [-0.3, -0.25) is 53.2 Å². The first-order chi connectivity index (χ1) is 25.6. The third-order valence-electron chi connectivity index (χ3n) is 9.14. The van der Waals surface area contributed by atoms with Crippen molar-refractivity contribution in [3.05, 3.63) is 29.8 Å². The van der Waals surface area contributed by atoms with Crippen molar-refractivity contribution in [1.29, 1.82) is 0 Å². The molecular weight excluding hydrogens is 711 g/mol. The van der Waals surface area contributed by atoms with Crippen molar-refractivity contribution in [2.24, 2.45) is 0 Å². The SMILES string of the molecule is C[C@@H](NC(=O)c1ccc(NCC(=O)CNC(=O)CN2CCN(CC(=O)O)CCN(CC(=O)O)CCN(CC(=O)O)CC2)cc1)C(=O)N1CCC[C@H]1B(O)O. The molecule has 21 heteroatoms. The van der Waals surface area contributed by atoms with Crippen LogP contribution in [-0.4, -0.2) is 209 Å². The molecule has 0 aromatic heterocycles. The predicted molar refractivity (Wildman–Crippen MR) is 193 cm³/mol. The fourth-order valence-corrected chi connectivity index (χ4v) is 6.21. The van der Waals surface area contributed by atoms with Crippen LogP contribution in [0, 0.1) is 0 Å². The number of carbonyl (C=O) groups excluding carboxylic acids is 4. The topological polar surface area (TPSA) is 273 Å². The van der Waals surface area contributed by atoms with Crippen LogP contribution in [0.2, 0.25) is 0 Å². The molecule has 298 valence electrons. The number of benzene rings is 1. The molecule has 1 aromatic rings. The molecule has 0 aliphatic carbocycles. The van der Waals surface area contributed by atoms with Gasteiger partial charge in [0.2, 0.25) is 11.8 Å². The molecule has 0 bridgehead atoms. The maximum Gasteiger partial charge on any atom is 0.475 e. The van der Waals surface area contributed by atoms with E-state index >= 15 is 0 Å². The lowest BCUT2D eigenvalue weighted by Gasteiger charge is -2.32. The number of anilines is 1. The molecule has 0 radical (unpaired) electrons. The van der Waals surface area contributed by atoms with E-state index < -0.39 is 54.7 Å². The lowest BCUT2D eigenvalue weighted by molar-refractivity contribution is -0.140. The van der Waals surface area contributed by atoms with Gasteiger partial charge in [-0.1, -0.05) is 0 Å². The number of Topliss-reactive ketones (excluding diaryl/α,β-unsaturated/α-hetero) is 1. The van der Waals surface area contributed by atoms with Crippen LogP contribution in [0.3, 0.4) is 0 Å². The van der Waals surface area contributed by atoms with Crippen LogP contribution in [0.4, 0.5) is 5.69 Å². The van der Waals surface area contributed by atoms with E-state index in [2.05, 4.69) is 16.0 Å². The number of aliphatic carboxylic acids is 3. The molecule has 0 saturated carbocycles. The number of likely N-dealkylation sites (tertiary alicyclic amines) is 1. The number of hydrogen-bond acceptors (Lipinski definition) is 14. The minimum absolute atomic E-state index is 0.136. The van der Waals surface area contributed by atoms with Crippen LogP contribution < -0.4 is 16.0 Å². The number of ketones is 1. The summed E-state index contributed by atoms with van der Waals surface area (Å²) in [6.07, 6.45) is 1.09. The number of nitrogens with one attached hydrogen (secondary N) is 3. The van der Waals surface area contributed by atoms with Gasteiger partial charge in [0.1, 0.15) is 6.04 Å². The summed E-state index contributed by atoms with van der Waals surface area (Å²) < 4.78 is 0. The van der Waals surface area contributed by atoms with Gasteiger partial charge in [-0.25, -0.2) is 0 Å². The van der Waals surface area contributed by atoms with Crippen molar-refractivity contribution >= 4 is 54.2 Å². The highest BCUT2D eigenvalue weighted by Crippen LogP contribution is 2.19. The highest BCUT2D eigenvalue weighted by atomic mass is 16.4. The first-order valence-electron chi connectivity index (χ1n) is 17.8. The third kappa shape index (κ3) is 15.4. The Bertz CT molecular complexity index is 1440. The highest BCUT2D eigenvalue weighted by molar-refractivity contribution is 6.43. The van der Waals surface area contributed by atoms with Crippen molar-refractivity contribution in [3.8, 4) is 0 Å². The Labute approximate surface area is 313 Å². The summed E-state index contributed by atoms with van der Waals surface area (Å²) >= 11 is 0. The second-order valence-electron chi connectivity index (χ2n) is 13.4. The van der Waals surface area contributed by atoms with Crippen molar-refractivity contribution in [2.45, 2.75) is 31.7 Å². The second kappa shape index (κ2) is 21.9. The summed E-state index contributed by atoms with van der Waals surface area (Å²) in [5, 5.41) is 55.3. The minimum Gasteiger partial charge on any atom is -0.480 e. The van der Waals surface area contributed by atoms with E-state index in [1.54, 1.807) is 31.7 Å². The Morgan fingerprint density at radius 1 is 0.704 bits per heavy atom. The minimum atomic E-state index is -1.66. The van der Waals surface area contributed by atoms with E-state index in [0.717, 1.165) is 0 Å². The molecule has 1 aromatic carbocycles. The maximum absolute atomic E-state index is 12.9. The number of hydrogen-bond donors (Lipinski definition) is 8. The summed E-state index contributed by atoms with van der Waals surface area (Å²) in [6.45, 7) is 2.45. The fraction of sp³-hybridized carbons (Fsp3) is 0.606. The van der Waals surface area contributed by atoms with Crippen molar-refractivity contribution in [3.63, 3.8) is 0 Å². The normalized spacial score (nSPS) is 18.8. The van der Waals surface area contributed by atoms with Gasteiger partial charge < -0.3 is 46.2 Å². The predicted octanol–water partition coefficient (Wildman–Crippen LogP) is -3.62. The Morgan fingerprint density at radius 3 is 1.61 bits per heavy atom. The first-order valence-corrected chi connectivity index (χ1v) is 17.8. The van der Waals surface area contributed by atoms with Crippen LogP contribution in [0.1, 0.15) is 30.1 Å². The zero-order valence-corrected chi connectivity index (χ0v) is 30.4. The summed E-state index contributed by atoms with van der Waals surface area (Å²) in [6, 6.07) is 5.28. The van der Waals surface area contributed by atoms with Crippen LogP contribution >= 0.6 is 0 Å². The number of amides is 3. The molecule has 2 aliphatic rings. The quantitative estimate of drug-likeness (QED) is 0.0712. The summed E-state index contributed by atoms with van der Waals surface area (Å²) in [4.78, 5) is 93.4. The molecule has 3 amide bonds. The number of carboxylic acids is 3. The third-order valence-corrected chi connectivity index (χ3v) is 9.14. The standard InChI is InChI=1S/C33H51BN8O12/c1-23(33(52)42-8-2-3-27(42)34(53)54)37-32(51)24-4-6-25(7-5-24)35-17-26(43)18-36-28(44)19-38-9-11-39(20-29(45)46)13-15-41(22-31(49)50)16-14-40(12-10-38)21-30(47)48/h4-7,23,27,35,53-54H,2-3,8-22H2,1H3,(H,36,44)(H,37,51)(H,45,46)(H,47,48)(H,49,50)/t23-,27+/m1/s1. The molecule has 0 spiro atoms. The largest absolute Gasteiger partial charge is 0.480 e. The number of carboxylic acid groups (broad SMARTS) is 3. The van der Waals surface area contributed by atoms with Crippen LogP contribution in [0.5, 0.6) is 0 Å². The Hall–Kier alpha value is -4.67. The van der Waals surface area contributed by atoms with E-state index in [0.29, 0.717) is 25.1 Å². The summed E-state index contributed by atoms with van der Waals surface area (Å²) in [5.74, 6) is -5.63. The molecule has 20 nitrogen and oxygen atoms in total. The van der Waals surface area contributed by atoms with Crippen molar-refractivity contribution in [1.82, 2.24) is 35.1 Å². The van der Waals surface area contributed by atoms with Gasteiger partial charge in [0.05, 0.1) is 45.2 Å². The highest BCUT2D eigenvalue weighted by Gasteiger charge is 2.38. The maximum atomic E-state index is 12.9. The second-order valence-corrected chi connectivity index (χ2v) is 13.4. The molecule has 2 atom stereocenters. The molecule has 3 rings (SSSR count). The smallest absolute Gasteiger partial charge is 0.475 e. The zero-order valence-electron chi connectivity index (χ0n) is 30.4. The number of rotatable bonds is 17. The van der Waals surface area contributed by atoms with Crippen LogP contribution in [0.25, 0.3) is 0 Å². The van der Waals surface area contributed by atoms with Gasteiger partial charge in [0.15, 0.2) is 5.78 Å². The molecule has 2 saturated heterocycles. The van der Waals surface area contributed by atoms with E-state index in [4.69, 9.17) is 0 Å². The van der Waals surface area contributed by atoms with E-state index in [1.165, 1.54) is 24.0 Å². The van der Waals surface area contributed by atoms with Gasteiger partial charge >= 0.3 is 25.0 Å². The van der Waals surface area contributed by atoms with Crippen LogP contribution in [0.15, 0.2) is 24.3 Å². The van der Waals surface area contributed by atoms with Gasteiger partial charge in [0, 0.05) is 70.2 Å². The Morgan fingerprint density at radius 2 is 1.17 bits per heavy atom. The average molecular weight is 763 g/mol. The monoisotopic (exact) mass is 762 g/mol. The lowest BCUT2D eigenvalue weighted by Crippen LogP contribution is -2.52.